The average Bonchev–Trinajstić information content (AvgIpc) is 2.87. The molecule has 2 aromatic heterocycles. The number of hydrogen-bond donors (Lipinski definition) is 1. The van der Waals surface area contributed by atoms with Gasteiger partial charge in [0.2, 0.25) is 10.1 Å². The largest absolute Gasteiger partial charge is 0.497 e. The predicted octanol–water partition coefficient (Wildman–Crippen LogP) is 1.44. The topological polar surface area (TPSA) is 78.3 Å². The highest BCUT2D eigenvalue weighted by Crippen LogP contribution is 2.24. The van der Waals surface area contributed by atoms with Gasteiger partial charge in [-0.15, -0.1) is 15.3 Å². The van der Waals surface area contributed by atoms with E-state index in [1.54, 1.807) is 11.6 Å². The lowest BCUT2D eigenvalue weighted by molar-refractivity contribution is 0.415. The van der Waals surface area contributed by atoms with Gasteiger partial charge in [0.1, 0.15) is 5.75 Å². The third kappa shape index (κ3) is 1.60. The molecule has 0 bridgehead atoms. The molecular weight excluding hydrogens is 238 g/mol. The maximum absolute atomic E-state index is 5.63. The zero-order chi connectivity index (χ0) is 11.8. The Kier molecular flexibility index (Phi) is 2.19. The second kappa shape index (κ2) is 3.70. The fourth-order valence-electron chi connectivity index (χ4n) is 1.57. The number of nitrogens with zero attached hydrogens (tertiary/aromatic N) is 4. The van der Waals surface area contributed by atoms with Crippen LogP contribution in [0.4, 0.5) is 5.13 Å². The number of benzene rings is 1. The SMILES string of the molecule is COc1cccc(-c2nnc3sc(N)nn23)c1. The van der Waals surface area contributed by atoms with Crippen LogP contribution in [0, 0.1) is 0 Å². The van der Waals surface area contributed by atoms with Crippen molar-refractivity contribution in [1.82, 2.24) is 19.8 Å². The van der Waals surface area contributed by atoms with Gasteiger partial charge >= 0.3 is 0 Å². The first-order chi connectivity index (χ1) is 8.28. The summed E-state index contributed by atoms with van der Waals surface area (Å²) in [6, 6.07) is 7.57. The van der Waals surface area contributed by atoms with Crippen molar-refractivity contribution in [2.45, 2.75) is 0 Å². The Balaban J connectivity index is 2.19. The lowest BCUT2D eigenvalue weighted by Crippen LogP contribution is -1.93. The Morgan fingerprint density at radius 2 is 2.24 bits per heavy atom. The fraction of sp³-hybridized carbons (Fsp3) is 0.100. The molecule has 1 aromatic carbocycles. The minimum Gasteiger partial charge on any atom is -0.497 e. The van der Waals surface area contributed by atoms with Gasteiger partial charge in [-0.1, -0.05) is 23.5 Å². The van der Waals surface area contributed by atoms with E-state index in [1.165, 1.54) is 11.3 Å². The maximum Gasteiger partial charge on any atom is 0.236 e. The Hall–Kier alpha value is -2.15. The molecule has 0 aliphatic heterocycles. The molecule has 0 saturated carbocycles. The molecule has 86 valence electrons. The lowest BCUT2D eigenvalue weighted by Gasteiger charge is -2.01. The first-order valence-electron chi connectivity index (χ1n) is 4.90. The van der Waals surface area contributed by atoms with Crippen LogP contribution in [0.25, 0.3) is 16.3 Å². The predicted molar refractivity (Wildman–Crippen MR) is 65.1 cm³/mol. The molecule has 0 aliphatic carbocycles. The van der Waals surface area contributed by atoms with Gasteiger partial charge in [0.05, 0.1) is 7.11 Å². The van der Waals surface area contributed by atoms with Crippen molar-refractivity contribution >= 4 is 21.4 Å². The average molecular weight is 247 g/mol. The van der Waals surface area contributed by atoms with E-state index >= 15 is 0 Å². The molecule has 2 heterocycles. The molecule has 3 rings (SSSR count). The fourth-order valence-corrected chi connectivity index (χ4v) is 2.18. The quantitative estimate of drug-likeness (QED) is 0.741. The Morgan fingerprint density at radius 3 is 3.06 bits per heavy atom. The van der Waals surface area contributed by atoms with Gasteiger partial charge in [-0.05, 0) is 12.1 Å². The van der Waals surface area contributed by atoms with Crippen LogP contribution in [0.2, 0.25) is 0 Å². The van der Waals surface area contributed by atoms with Crippen LogP contribution in [-0.2, 0) is 0 Å². The second-order valence-electron chi connectivity index (χ2n) is 3.39. The Labute approximate surface area is 101 Å². The van der Waals surface area contributed by atoms with Crippen LogP contribution in [-0.4, -0.2) is 26.9 Å². The van der Waals surface area contributed by atoms with Crippen LogP contribution in [0.3, 0.4) is 0 Å². The summed E-state index contributed by atoms with van der Waals surface area (Å²) in [7, 11) is 1.62. The van der Waals surface area contributed by atoms with E-state index in [1.807, 2.05) is 24.3 Å². The number of aromatic nitrogens is 4. The van der Waals surface area contributed by atoms with Crippen LogP contribution < -0.4 is 10.5 Å². The Morgan fingerprint density at radius 1 is 1.35 bits per heavy atom. The summed E-state index contributed by atoms with van der Waals surface area (Å²) in [6.07, 6.45) is 0. The van der Waals surface area contributed by atoms with E-state index in [9.17, 15) is 0 Å². The van der Waals surface area contributed by atoms with E-state index < -0.39 is 0 Å². The molecule has 0 unspecified atom stereocenters. The highest BCUT2D eigenvalue weighted by molar-refractivity contribution is 7.20. The van der Waals surface area contributed by atoms with Crippen molar-refractivity contribution in [3.05, 3.63) is 24.3 Å². The molecule has 6 nitrogen and oxygen atoms in total. The minimum atomic E-state index is 0.471. The van der Waals surface area contributed by atoms with Gasteiger partial charge in [0, 0.05) is 5.56 Å². The molecule has 0 spiro atoms. The summed E-state index contributed by atoms with van der Waals surface area (Å²) in [5.41, 5.74) is 6.52. The number of hydrogen-bond acceptors (Lipinski definition) is 6. The van der Waals surface area contributed by atoms with E-state index in [0.717, 1.165) is 11.3 Å². The van der Waals surface area contributed by atoms with Crippen molar-refractivity contribution in [3.63, 3.8) is 0 Å². The smallest absolute Gasteiger partial charge is 0.236 e. The molecule has 0 amide bonds. The molecule has 17 heavy (non-hydrogen) atoms. The Bertz CT molecular complexity index is 674. The second-order valence-corrected chi connectivity index (χ2v) is 4.38. The highest BCUT2D eigenvalue weighted by Gasteiger charge is 2.12. The van der Waals surface area contributed by atoms with Crippen molar-refractivity contribution in [1.29, 1.82) is 0 Å². The third-order valence-corrected chi connectivity index (χ3v) is 3.06. The maximum atomic E-state index is 5.63. The molecule has 0 aliphatic rings. The molecular formula is C10H9N5OS. The molecule has 2 N–H and O–H groups in total. The number of methoxy groups -OCH3 is 1. The van der Waals surface area contributed by atoms with E-state index in [0.29, 0.717) is 15.9 Å². The number of anilines is 1. The first-order valence-corrected chi connectivity index (χ1v) is 5.72. The molecule has 3 aromatic rings. The van der Waals surface area contributed by atoms with Gasteiger partial charge in [-0.3, -0.25) is 0 Å². The molecule has 7 heteroatoms. The number of nitrogen functional groups attached to an aromatic ring is 1. The molecule has 0 atom stereocenters. The number of ether oxygens (including phenoxy) is 1. The number of nitrogens with two attached hydrogens (primary N) is 1. The summed E-state index contributed by atoms with van der Waals surface area (Å²) in [5.74, 6) is 1.43. The zero-order valence-corrected chi connectivity index (χ0v) is 9.81. The summed E-state index contributed by atoms with van der Waals surface area (Å²) in [6.45, 7) is 0. The van der Waals surface area contributed by atoms with Crippen LogP contribution in [0.15, 0.2) is 24.3 Å². The van der Waals surface area contributed by atoms with Gasteiger partial charge in [-0.2, -0.15) is 4.52 Å². The normalized spacial score (nSPS) is 10.9. The highest BCUT2D eigenvalue weighted by atomic mass is 32.1. The third-order valence-electron chi connectivity index (χ3n) is 2.33. The van der Waals surface area contributed by atoms with Gasteiger partial charge in [0.25, 0.3) is 0 Å². The van der Waals surface area contributed by atoms with Crippen molar-refractivity contribution in [3.8, 4) is 17.1 Å². The van der Waals surface area contributed by atoms with E-state index in [2.05, 4.69) is 15.3 Å². The monoisotopic (exact) mass is 247 g/mol. The van der Waals surface area contributed by atoms with Gasteiger partial charge in [-0.25, -0.2) is 0 Å². The minimum absolute atomic E-state index is 0.471. The standard InChI is InChI=1S/C10H9N5OS/c1-16-7-4-2-3-6(5-7)8-12-13-10-15(8)14-9(11)17-10/h2-5H,1H3,(H2,11,14). The lowest BCUT2D eigenvalue weighted by atomic mass is 10.2. The summed E-state index contributed by atoms with van der Waals surface area (Å²) in [5, 5.41) is 12.7. The first kappa shape index (κ1) is 10.0. The number of rotatable bonds is 2. The van der Waals surface area contributed by atoms with Crippen LogP contribution in [0.1, 0.15) is 0 Å². The van der Waals surface area contributed by atoms with Crippen LogP contribution in [0.5, 0.6) is 5.75 Å². The van der Waals surface area contributed by atoms with Crippen molar-refractivity contribution in [2.24, 2.45) is 0 Å². The van der Waals surface area contributed by atoms with E-state index in [4.69, 9.17) is 10.5 Å². The summed E-state index contributed by atoms with van der Waals surface area (Å²) >= 11 is 1.30. The van der Waals surface area contributed by atoms with Gasteiger partial charge < -0.3 is 10.5 Å². The van der Waals surface area contributed by atoms with Gasteiger partial charge in [0.15, 0.2) is 5.82 Å². The number of fused-ring (bicyclic) bond motifs is 1. The zero-order valence-electron chi connectivity index (χ0n) is 8.99. The van der Waals surface area contributed by atoms with Crippen LogP contribution >= 0.6 is 11.3 Å². The molecule has 0 fully saturated rings. The van der Waals surface area contributed by atoms with Crippen molar-refractivity contribution < 1.29 is 4.74 Å². The summed E-state index contributed by atoms with van der Waals surface area (Å²) < 4.78 is 6.80. The molecule has 0 saturated heterocycles. The van der Waals surface area contributed by atoms with Crippen molar-refractivity contribution in [2.75, 3.05) is 12.8 Å². The summed E-state index contributed by atoms with van der Waals surface area (Å²) in [4.78, 5) is 0.681. The molecule has 0 radical (unpaired) electrons. The van der Waals surface area contributed by atoms with E-state index in [-0.39, 0.29) is 0 Å².